The van der Waals surface area contributed by atoms with E-state index in [2.05, 4.69) is 26.1 Å². The van der Waals surface area contributed by atoms with Crippen molar-refractivity contribution in [2.45, 2.75) is 57.6 Å². The molecule has 0 saturated heterocycles. The number of carbonyl (C=O) groups excluding carboxylic acids is 1. The van der Waals surface area contributed by atoms with E-state index in [0.717, 1.165) is 6.42 Å². The first-order valence-corrected chi connectivity index (χ1v) is 12.0. The van der Waals surface area contributed by atoms with Gasteiger partial charge < -0.3 is 14.8 Å². The van der Waals surface area contributed by atoms with E-state index in [-0.39, 0.29) is 22.8 Å². The van der Waals surface area contributed by atoms with E-state index in [0.29, 0.717) is 17.2 Å². The summed E-state index contributed by atoms with van der Waals surface area (Å²) in [5.41, 5.74) is -0.0584. The Labute approximate surface area is 190 Å². The van der Waals surface area contributed by atoms with E-state index < -0.39 is 21.7 Å². The lowest BCUT2D eigenvalue weighted by atomic mass is 9.81. The molecule has 0 aromatic heterocycles. The van der Waals surface area contributed by atoms with Crippen LogP contribution in [0.15, 0.2) is 53.4 Å². The van der Waals surface area contributed by atoms with Gasteiger partial charge in [-0.25, -0.2) is 8.42 Å². The first kappa shape index (κ1) is 23.9. The average Bonchev–Trinajstić information content (AvgIpc) is 2.70. The van der Waals surface area contributed by atoms with Gasteiger partial charge >= 0.3 is 0 Å². The van der Waals surface area contributed by atoms with Crippen LogP contribution in [-0.4, -0.2) is 39.6 Å². The number of nitrogens with zero attached hydrogens (tertiary/aromatic N) is 1. The van der Waals surface area contributed by atoms with E-state index in [1.807, 2.05) is 13.8 Å². The number of benzene rings is 2. The van der Waals surface area contributed by atoms with Gasteiger partial charge in [-0.3, -0.25) is 9.10 Å². The monoisotopic (exact) mass is 460 g/mol. The minimum absolute atomic E-state index is 0.0144. The number of amides is 1. The molecule has 0 bridgehead atoms. The van der Waals surface area contributed by atoms with Crippen LogP contribution in [0, 0.1) is 5.41 Å². The zero-order chi connectivity index (χ0) is 23.7. The summed E-state index contributed by atoms with van der Waals surface area (Å²) in [6.07, 6.45) is -0.222. The smallest absolute Gasteiger partial charge is 0.264 e. The molecule has 174 valence electrons. The number of sulfonamides is 1. The second-order valence-corrected chi connectivity index (χ2v) is 11.8. The molecule has 3 rings (SSSR count). The molecule has 0 fully saturated rings. The van der Waals surface area contributed by atoms with Crippen molar-refractivity contribution in [3.63, 3.8) is 0 Å². The lowest BCUT2D eigenvalue weighted by molar-refractivity contribution is -0.129. The summed E-state index contributed by atoms with van der Waals surface area (Å²) in [6.45, 7) is 10.1. The van der Waals surface area contributed by atoms with Crippen molar-refractivity contribution in [2.75, 3.05) is 18.0 Å². The minimum Gasteiger partial charge on any atom is -0.497 e. The molecule has 1 amide bonds. The van der Waals surface area contributed by atoms with Crippen molar-refractivity contribution in [3.8, 4) is 11.5 Å². The maximum atomic E-state index is 13.5. The van der Waals surface area contributed by atoms with E-state index >= 15 is 0 Å². The summed E-state index contributed by atoms with van der Waals surface area (Å²) in [6, 6.07) is 13.0. The molecule has 8 heteroatoms. The fraction of sp³-hybridized carbons (Fsp3) is 0.458. The van der Waals surface area contributed by atoms with Gasteiger partial charge in [0, 0.05) is 5.54 Å². The molecular formula is C24H32N2O5S. The van der Waals surface area contributed by atoms with E-state index in [9.17, 15) is 13.2 Å². The molecule has 0 aliphatic carbocycles. The fourth-order valence-corrected chi connectivity index (χ4v) is 5.70. The number of anilines is 1. The Bertz CT molecular complexity index is 1070. The molecule has 0 unspecified atom stereocenters. The largest absolute Gasteiger partial charge is 0.497 e. The van der Waals surface area contributed by atoms with Crippen LogP contribution in [0.2, 0.25) is 0 Å². The van der Waals surface area contributed by atoms with E-state index in [1.165, 1.54) is 23.5 Å². The minimum atomic E-state index is -3.92. The standard InChI is InChI=1S/C24H32N2O5S/c1-23(2,3)16-24(4,5)25-22(27)21-15-26(19-9-7-8-10-20(19)31-21)32(28,29)18-13-11-17(30-6)12-14-18/h7-14,21H,15-16H2,1-6H3,(H,25,27)/t21-/m0/s1. The van der Waals surface area contributed by atoms with Gasteiger partial charge in [-0.05, 0) is 62.1 Å². The summed E-state index contributed by atoms with van der Waals surface area (Å²) in [5.74, 6) is 0.568. The third kappa shape index (κ3) is 5.35. The van der Waals surface area contributed by atoms with Gasteiger partial charge in [0.05, 0.1) is 24.2 Å². The summed E-state index contributed by atoms with van der Waals surface area (Å²) in [7, 11) is -2.40. The summed E-state index contributed by atoms with van der Waals surface area (Å²) in [4.78, 5) is 13.2. The topological polar surface area (TPSA) is 84.9 Å². The zero-order valence-electron chi connectivity index (χ0n) is 19.5. The quantitative estimate of drug-likeness (QED) is 0.705. The zero-order valence-corrected chi connectivity index (χ0v) is 20.3. The molecule has 1 aliphatic heterocycles. The van der Waals surface area contributed by atoms with Crippen molar-refractivity contribution in [1.82, 2.24) is 5.32 Å². The van der Waals surface area contributed by atoms with Crippen LogP contribution in [0.1, 0.15) is 41.0 Å². The molecule has 1 N–H and O–H groups in total. The average molecular weight is 461 g/mol. The highest BCUT2D eigenvalue weighted by atomic mass is 32.2. The number of hydrogen-bond acceptors (Lipinski definition) is 5. The molecule has 1 atom stereocenters. The van der Waals surface area contributed by atoms with Crippen LogP contribution in [0.25, 0.3) is 0 Å². The Morgan fingerprint density at radius 2 is 1.72 bits per heavy atom. The Morgan fingerprint density at radius 1 is 1.09 bits per heavy atom. The highest BCUT2D eigenvalue weighted by Crippen LogP contribution is 2.37. The molecule has 2 aromatic carbocycles. The van der Waals surface area contributed by atoms with Crippen LogP contribution in [0.5, 0.6) is 11.5 Å². The lowest BCUT2D eigenvalue weighted by Gasteiger charge is -2.38. The van der Waals surface area contributed by atoms with Gasteiger partial charge in [-0.15, -0.1) is 0 Å². The number of rotatable bonds is 6. The molecule has 2 aromatic rings. The number of methoxy groups -OCH3 is 1. The predicted octanol–water partition coefficient (Wildman–Crippen LogP) is 3.98. The highest BCUT2D eigenvalue weighted by molar-refractivity contribution is 7.92. The number of nitrogens with one attached hydrogen (secondary N) is 1. The summed E-state index contributed by atoms with van der Waals surface area (Å²) in [5, 5.41) is 3.04. The van der Waals surface area contributed by atoms with Gasteiger partial charge in [0.2, 0.25) is 0 Å². The van der Waals surface area contributed by atoms with Crippen molar-refractivity contribution in [1.29, 1.82) is 0 Å². The predicted molar refractivity (Wildman–Crippen MR) is 125 cm³/mol. The molecule has 32 heavy (non-hydrogen) atoms. The Hall–Kier alpha value is -2.74. The molecule has 0 saturated carbocycles. The second kappa shape index (κ2) is 8.65. The van der Waals surface area contributed by atoms with Gasteiger partial charge in [-0.2, -0.15) is 0 Å². The van der Waals surface area contributed by atoms with E-state index in [1.54, 1.807) is 36.4 Å². The van der Waals surface area contributed by atoms with Crippen molar-refractivity contribution < 1.29 is 22.7 Å². The molecule has 0 radical (unpaired) electrons. The van der Waals surface area contributed by atoms with E-state index in [4.69, 9.17) is 9.47 Å². The maximum Gasteiger partial charge on any atom is 0.264 e. The SMILES string of the molecule is COc1ccc(S(=O)(=O)N2C[C@@H](C(=O)NC(C)(C)CC(C)(C)C)Oc3ccccc32)cc1. The molecule has 1 aliphatic rings. The first-order chi connectivity index (χ1) is 14.8. The number of carbonyl (C=O) groups is 1. The van der Waals surface area contributed by atoms with Crippen LogP contribution in [0.4, 0.5) is 5.69 Å². The Morgan fingerprint density at radius 3 is 2.31 bits per heavy atom. The second-order valence-electron chi connectivity index (χ2n) is 9.90. The Balaban J connectivity index is 1.91. The van der Waals surface area contributed by atoms with Crippen LogP contribution >= 0.6 is 0 Å². The Kier molecular flexibility index (Phi) is 6.47. The summed E-state index contributed by atoms with van der Waals surface area (Å²) < 4.78 is 39.3. The molecule has 7 nitrogen and oxygen atoms in total. The molecular weight excluding hydrogens is 428 g/mol. The third-order valence-corrected chi connectivity index (χ3v) is 6.90. The van der Waals surface area contributed by atoms with Crippen LogP contribution in [0.3, 0.4) is 0 Å². The lowest BCUT2D eigenvalue weighted by Crippen LogP contribution is -2.55. The van der Waals surface area contributed by atoms with Crippen LogP contribution < -0.4 is 19.1 Å². The van der Waals surface area contributed by atoms with Crippen LogP contribution in [-0.2, 0) is 14.8 Å². The number of para-hydroxylation sites is 2. The van der Waals surface area contributed by atoms with Crippen molar-refractivity contribution in [3.05, 3.63) is 48.5 Å². The van der Waals surface area contributed by atoms with Crippen molar-refractivity contribution in [2.24, 2.45) is 5.41 Å². The van der Waals surface area contributed by atoms with Gasteiger partial charge in [0.25, 0.3) is 15.9 Å². The molecule has 1 heterocycles. The van der Waals surface area contributed by atoms with Gasteiger partial charge in [-0.1, -0.05) is 32.9 Å². The summed E-state index contributed by atoms with van der Waals surface area (Å²) >= 11 is 0. The van der Waals surface area contributed by atoms with Gasteiger partial charge in [0.15, 0.2) is 6.10 Å². The third-order valence-electron chi connectivity index (χ3n) is 5.11. The highest BCUT2D eigenvalue weighted by Gasteiger charge is 2.39. The van der Waals surface area contributed by atoms with Crippen molar-refractivity contribution >= 4 is 21.6 Å². The maximum absolute atomic E-state index is 13.5. The normalized spacial score (nSPS) is 16.7. The fourth-order valence-electron chi connectivity index (χ4n) is 4.23. The number of fused-ring (bicyclic) bond motifs is 1. The number of hydrogen-bond donors (Lipinski definition) is 1. The molecule has 0 spiro atoms. The van der Waals surface area contributed by atoms with Gasteiger partial charge in [0.1, 0.15) is 11.5 Å². The number of ether oxygens (including phenoxy) is 2. The first-order valence-electron chi connectivity index (χ1n) is 10.6.